The molecule has 0 aliphatic rings. The van der Waals surface area contributed by atoms with Gasteiger partial charge in [0.15, 0.2) is 6.10 Å². The molecule has 0 aliphatic carbocycles. The molecule has 6 nitrogen and oxygen atoms in total. The summed E-state index contributed by atoms with van der Waals surface area (Å²) in [5.41, 5.74) is 0. The molecule has 6 heteroatoms. The predicted molar refractivity (Wildman–Crippen MR) is 260 cm³/mol. The van der Waals surface area contributed by atoms with E-state index in [2.05, 4.69) is 75.5 Å². The molecule has 0 saturated carbocycles. The Hall–Kier alpha value is -5.23. The first-order valence-corrected chi connectivity index (χ1v) is 22.8. The Morgan fingerprint density at radius 1 is 0.361 bits per heavy atom. The van der Waals surface area contributed by atoms with Gasteiger partial charge in [-0.3, -0.25) is 14.4 Å². The zero-order chi connectivity index (χ0) is 44.4. The Kier molecular flexibility index (Phi) is 43.4. The molecule has 0 heterocycles. The van der Waals surface area contributed by atoms with E-state index in [1.807, 2.05) is 109 Å². The number of carbonyl (C=O) groups is 3. The van der Waals surface area contributed by atoms with Crippen molar-refractivity contribution in [3.05, 3.63) is 170 Å². The van der Waals surface area contributed by atoms with Gasteiger partial charge in [0.2, 0.25) is 0 Å². The predicted octanol–water partition coefficient (Wildman–Crippen LogP) is 14.9. The van der Waals surface area contributed by atoms with Crippen molar-refractivity contribution >= 4 is 17.9 Å². The van der Waals surface area contributed by atoms with Gasteiger partial charge in [0.05, 0.1) is 6.42 Å². The summed E-state index contributed by atoms with van der Waals surface area (Å²) in [6, 6.07) is 0. The van der Waals surface area contributed by atoms with Gasteiger partial charge in [0.25, 0.3) is 0 Å². The number of carbonyl (C=O) groups excluding carboxylic acids is 3. The van der Waals surface area contributed by atoms with E-state index >= 15 is 0 Å². The second-order valence-corrected chi connectivity index (χ2v) is 14.1. The van der Waals surface area contributed by atoms with Gasteiger partial charge in [-0.2, -0.15) is 0 Å². The first-order valence-electron chi connectivity index (χ1n) is 22.8. The molecule has 61 heavy (non-hydrogen) atoms. The van der Waals surface area contributed by atoms with Crippen molar-refractivity contribution in [2.24, 2.45) is 0 Å². The van der Waals surface area contributed by atoms with Crippen LogP contribution in [0.3, 0.4) is 0 Å². The van der Waals surface area contributed by atoms with Crippen LogP contribution in [0.5, 0.6) is 0 Å². The molecule has 0 aromatic carbocycles. The summed E-state index contributed by atoms with van der Waals surface area (Å²) in [6.45, 7) is 6.02. The molecule has 0 fully saturated rings. The van der Waals surface area contributed by atoms with Gasteiger partial charge < -0.3 is 14.2 Å². The lowest BCUT2D eigenvalue weighted by molar-refractivity contribution is -0.166. The van der Waals surface area contributed by atoms with Gasteiger partial charge in [-0.1, -0.05) is 217 Å². The van der Waals surface area contributed by atoms with Crippen LogP contribution < -0.4 is 0 Å². The van der Waals surface area contributed by atoms with E-state index in [-0.39, 0.29) is 44.4 Å². The molecule has 0 radical (unpaired) electrons. The topological polar surface area (TPSA) is 78.9 Å². The van der Waals surface area contributed by atoms with Crippen LogP contribution in [0.25, 0.3) is 0 Å². The Morgan fingerprint density at radius 2 is 0.721 bits per heavy atom. The van der Waals surface area contributed by atoms with Crippen molar-refractivity contribution in [3.8, 4) is 0 Å². The summed E-state index contributed by atoms with van der Waals surface area (Å²) in [5, 5.41) is 0. The van der Waals surface area contributed by atoms with E-state index in [1.165, 1.54) is 0 Å². The van der Waals surface area contributed by atoms with E-state index in [0.29, 0.717) is 12.8 Å². The summed E-state index contributed by atoms with van der Waals surface area (Å²) >= 11 is 0. The normalized spacial score (nSPS) is 13.7. The lowest BCUT2D eigenvalue weighted by atomic mass is 10.1. The van der Waals surface area contributed by atoms with E-state index in [4.69, 9.17) is 14.2 Å². The second kappa shape index (κ2) is 47.4. The standard InChI is InChI=1S/C55H78O6/c1-4-7-10-13-16-19-21-23-25-26-27-28-30-31-33-36-39-42-45-48-54(57)60-51-52(50-59-53(56)47-44-41-38-35-18-15-12-9-6-3)61-55(58)49-46-43-40-37-34-32-29-24-22-20-17-14-11-8-5-2/h7-14,16-31,33,35,41,44,52H,4-6,15,32,34,36-40,42-43,45-51H2,1-3H3/b10-7-,11-8-,12-9-,16-13-,17-14-,21-19-,22-20-,25-23-,27-26+,29-24-,30-28-,33-31-,35-18-,44-41-. The molecule has 0 saturated heterocycles. The fraction of sp³-hybridized carbons (Fsp3) is 0.436. The molecule has 0 N–H and O–H groups in total. The average molecular weight is 835 g/mol. The maximum atomic E-state index is 12.7. The first-order chi connectivity index (χ1) is 30.0. The number of hydrogen-bond acceptors (Lipinski definition) is 6. The highest BCUT2D eigenvalue weighted by atomic mass is 16.6. The number of unbranched alkanes of at least 4 members (excludes halogenated alkanes) is 8. The van der Waals surface area contributed by atoms with Crippen molar-refractivity contribution in [3.63, 3.8) is 0 Å². The van der Waals surface area contributed by atoms with Crippen LogP contribution in [0.2, 0.25) is 0 Å². The van der Waals surface area contributed by atoms with Gasteiger partial charge in [0.1, 0.15) is 13.2 Å². The van der Waals surface area contributed by atoms with Crippen molar-refractivity contribution in [1.29, 1.82) is 0 Å². The summed E-state index contributed by atoms with van der Waals surface area (Å²) < 4.78 is 16.5. The third kappa shape index (κ3) is 45.7. The Morgan fingerprint density at radius 3 is 1.21 bits per heavy atom. The number of hydrogen-bond donors (Lipinski definition) is 0. The highest BCUT2D eigenvalue weighted by Crippen LogP contribution is 2.11. The molecule has 0 bridgehead atoms. The highest BCUT2D eigenvalue weighted by Gasteiger charge is 2.19. The average Bonchev–Trinajstić information content (AvgIpc) is 3.26. The van der Waals surface area contributed by atoms with Gasteiger partial charge in [-0.15, -0.1) is 0 Å². The van der Waals surface area contributed by atoms with Gasteiger partial charge in [-0.05, 0) is 70.6 Å². The van der Waals surface area contributed by atoms with Crippen LogP contribution in [0.1, 0.15) is 136 Å². The number of rotatable bonds is 37. The summed E-state index contributed by atoms with van der Waals surface area (Å²) in [5.74, 6) is -1.16. The SMILES string of the molecule is CC\C=C/C=C\C=C/C=C\C=C\C=C/C=C\CCCCCC(=O)OCC(COC(=O)C/C=C\C/C=C\C/C=C\CC)OC(=O)CCCCCCC\C=C/C=C\C=C/C=C\CC. The van der Waals surface area contributed by atoms with Crippen LogP contribution in [-0.2, 0) is 28.6 Å². The zero-order valence-electron chi connectivity index (χ0n) is 37.8. The van der Waals surface area contributed by atoms with E-state index in [0.717, 1.165) is 83.5 Å². The molecule has 0 aromatic rings. The first kappa shape index (κ1) is 55.8. The molecule has 0 amide bonds. The number of esters is 3. The molecular formula is C55H78O6. The minimum Gasteiger partial charge on any atom is -0.462 e. The molecular weight excluding hydrogens is 757 g/mol. The largest absolute Gasteiger partial charge is 0.462 e. The summed E-state index contributed by atoms with van der Waals surface area (Å²) in [4.78, 5) is 37.7. The molecule has 334 valence electrons. The van der Waals surface area contributed by atoms with E-state index in [9.17, 15) is 14.4 Å². The Labute approximate surface area is 371 Å². The third-order valence-corrected chi connectivity index (χ3v) is 8.52. The smallest absolute Gasteiger partial charge is 0.309 e. The van der Waals surface area contributed by atoms with Crippen LogP contribution in [-0.4, -0.2) is 37.2 Å². The zero-order valence-corrected chi connectivity index (χ0v) is 37.8. The monoisotopic (exact) mass is 835 g/mol. The lowest BCUT2D eigenvalue weighted by Gasteiger charge is -2.18. The second-order valence-electron chi connectivity index (χ2n) is 14.1. The Bertz CT molecular complexity index is 1520. The van der Waals surface area contributed by atoms with Crippen LogP contribution in [0.4, 0.5) is 0 Å². The van der Waals surface area contributed by atoms with Crippen molar-refractivity contribution in [1.82, 2.24) is 0 Å². The quantitative estimate of drug-likeness (QED) is 0.0204. The molecule has 0 rings (SSSR count). The van der Waals surface area contributed by atoms with Crippen molar-refractivity contribution in [2.75, 3.05) is 13.2 Å². The number of allylic oxidation sites excluding steroid dienone is 27. The van der Waals surface area contributed by atoms with Crippen molar-refractivity contribution < 1.29 is 28.6 Å². The number of ether oxygens (including phenoxy) is 3. The van der Waals surface area contributed by atoms with Gasteiger partial charge in [0, 0.05) is 12.8 Å². The van der Waals surface area contributed by atoms with Crippen LogP contribution >= 0.6 is 0 Å². The molecule has 1 atom stereocenters. The van der Waals surface area contributed by atoms with Gasteiger partial charge in [-0.25, -0.2) is 0 Å². The van der Waals surface area contributed by atoms with Crippen LogP contribution in [0, 0.1) is 0 Å². The van der Waals surface area contributed by atoms with Gasteiger partial charge >= 0.3 is 17.9 Å². The fourth-order valence-corrected chi connectivity index (χ4v) is 5.20. The van der Waals surface area contributed by atoms with E-state index in [1.54, 1.807) is 6.08 Å². The molecule has 0 aromatic heterocycles. The fourth-order valence-electron chi connectivity index (χ4n) is 5.20. The highest BCUT2D eigenvalue weighted by molar-refractivity contribution is 5.72. The maximum Gasteiger partial charge on any atom is 0.309 e. The third-order valence-electron chi connectivity index (χ3n) is 8.52. The lowest BCUT2D eigenvalue weighted by Crippen LogP contribution is -2.30. The summed E-state index contributed by atoms with van der Waals surface area (Å²) in [6.07, 6.45) is 70.8. The minimum atomic E-state index is -0.853. The van der Waals surface area contributed by atoms with E-state index < -0.39 is 12.1 Å². The molecule has 0 aliphatic heterocycles. The molecule has 0 spiro atoms. The minimum absolute atomic E-state index is 0.110. The van der Waals surface area contributed by atoms with Crippen LogP contribution in [0.15, 0.2) is 170 Å². The summed E-state index contributed by atoms with van der Waals surface area (Å²) in [7, 11) is 0. The Balaban J connectivity index is 4.61. The van der Waals surface area contributed by atoms with Crippen molar-refractivity contribution in [2.45, 2.75) is 142 Å². The molecule has 1 unspecified atom stereocenters. The maximum absolute atomic E-state index is 12.7.